The highest BCUT2D eigenvalue weighted by Crippen LogP contribution is 2.30. The predicted molar refractivity (Wildman–Crippen MR) is 80.8 cm³/mol. The molecule has 7 heteroatoms. The number of thiol groups is 1. The number of carbonyl (C=O) groups is 2. The number of unbranched alkanes of at least 4 members (excludes halogenated alkanes) is 3. The highest BCUT2D eigenvalue weighted by atomic mass is 32.1. The zero-order valence-electron chi connectivity index (χ0n) is 11.4. The lowest BCUT2D eigenvalue weighted by atomic mass is 10.1. The monoisotopic (exact) mass is 308 g/mol. The van der Waals surface area contributed by atoms with Crippen LogP contribution in [0, 0.1) is 10.1 Å². The number of nitro groups is 1. The predicted octanol–water partition coefficient (Wildman–Crippen LogP) is 2.68. The van der Waals surface area contributed by atoms with Crippen LogP contribution >= 0.6 is 12.6 Å². The standard InChI is InChI=1S/C14H16N2O4S/c17-13-10-6-5-7-11(16(19)20)12(10)14(18)15(13)8-3-1-2-4-9-21/h5-7,21H,1-4,8-9H2. The van der Waals surface area contributed by atoms with Gasteiger partial charge in [-0.15, -0.1) is 0 Å². The van der Waals surface area contributed by atoms with Gasteiger partial charge in [0.2, 0.25) is 0 Å². The van der Waals surface area contributed by atoms with E-state index >= 15 is 0 Å². The van der Waals surface area contributed by atoms with Gasteiger partial charge in [-0.3, -0.25) is 24.6 Å². The summed E-state index contributed by atoms with van der Waals surface area (Å²) in [4.78, 5) is 35.9. The minimum Gasteiger partial charge on any atom is -0.274 e. The van der Waals surface area contributed by atoms with Crippen molar-refractivity contribution >= 4 is 30.1 Å². The lowest BCUT2D eigenvalue weighted by molar-refractivity contribution is -0.385. The number of hydrogen-bond acceptors (Lipinski definition) is 5. The molecule has 0 saturated heterocycles. The van der Waals surface area contributed by atoms with Crippen molar-refractivity contribution < 1.29 is 14.5 Å². The minimum atomic E-state index is -0.625. The Morgan fingerprint density at radius 2 is 1.81 bits per heavy atom. The fourth-order valence-corrected chi connectivity index (χ4v) is 2.63. The SMILES string of the molecule is O=C1c2cccc([N+](=O)[O-])c2C(=O)N1CCCCCCS. The Morgan fingerprint density at radius 3 is 2.48 bits per heavy atom. The van der Waals surface area contributed by atoms with Crippen LogP contribution in [0.1, 0.15) is 46.4 Å². The Morgan fingerprint density at radius 1 is 1.10 bits per heavy atom. The summed E-state index contributed by atoms with van der Waals surface area (Å²) in [5, 5.41) is 11.0. The molecule has 1 aromatic carbocycles. The summed E-state index contributed by atoms with van der Waals surface area (Å²) in [5.41, 5.74) is -0.254. The van der Waals surface area contributed by atoms with Crippen molar-refractivity contribution in [1.82, 2.24) is 4.90 Å². The second-order valence-corrected chi connectivity index (χ2v) is 5.30. The van der Waals surface area contributed by atoms with E-state index in [1.165, 1.54) is 18.2 Å². The molecule has 0 radical (unpaired) electrons. The first-order chi connectivity index (χ1) is 10.1. The molecule has 0 fully saturated rings. The van der Waals surface area contributed by atoms with Gasteiger partial charge in [-0.25, -0.2) is 0 Å². The molecule has 0 aliphatic carbocycles. The number of benzene rings is 1. The quantitative estimate of drug-likeness (QED) is 0.276. The summed E-state index contributed by atoms with van der Waals surface area (Å²) in [5.74, 6) is -0.177. The number of hydrogen-bond donors (Lipinski definition) is 1. The van der Waals surface area contributed by atoms with Crippen molar-refractivity contribution in [2.45, 2.75) is 25.7 Å². The van der Waals surface area contributed by atoms with Crippen LogP contribution in [0.25, 0.3) is 0 Å². The molecule has 1 heterocycles. The van der Waals surface area contributed by atoms with Crippen LogP contribution in [0.3, 0.4) is 0 Å². The zero-order valence-corrected chi connectivity index (χ0v) is 12.3. The van der Waals surface area contributed by atoms with E-state index in [0.29, 0.717) is 13.0 Å². The maximum absolute atomic E-state index is 12.2. The average Bonchev–Trinajstić information content (AvgIpc) is 2.71. The molecule has 112 valence electrons. The smallest absolute Gasteiger partial charge is 0.274 e. The second kappa shape index (κ2) is 6.71. The van der Waals surface area contributed by atoms with Gasteiger partial charge in [0.1, 0.15) is 5.56 Å². The molecular formula is C14H16N2O4S. The highest BCUT2D eigenvalue weighted by Gasteiger charge is 2.40. The average molecular weight is 308 g/mol. The van der Waals surface area contributed by atoms with Gasteiger partial charge in [0.15, 0.2) is 0 Å². The summed E-state index contributed by atoms with van der Waals surface area (Å²) in [6.07, 6.45) is 3.59. The molecule has 0 N–H and O–H groups in total. The third-order valence-corrected chi connectivity index (χ3v) is 3.78. The molecule has 0 aromatic heterocycles. The largest absolute Gasteiger partial charge is 0.282 e. The van der Waals surface area contributed by atoms with Crippen LogP contribution in [0.5, 0.6) is 0 Å². The van der Waals surface area contributed by atoms with Crippen LogP contribution in [0.2, 0.25) is 0 Å². The van der Waals surface area contributed by atoms with Crippen LogP contribution in [0.4, 0.5) is 5.69 Å². The van der Waals surface area contributed by atoms with Crippen molar-refractivity contribution in [1.29, 1.82) is 0 Å². The second-order valence-electron chi connectivity index (χ2n) is 4.86. The number of rotatable bonds is 7. The molecule has 21 heavy (non-hydrogen) atoms. The molecule has 1 aromatic rings. The van der Waals surface area contributed by atoms with Crippen LogP contribution in [-0.2, 0) is 0 Å². The van der Waals surface area contributed by atoms with Crippen molar-refractivity contribution in [3.63, 3.8) is 0 Å². The van der Waals surface area contributed by atoms with E-state index in [1.807, 2.05) is 0 Å². The fourth-order valence-electron chi connectivity index (χ4n) is 2.41. The first kappa shape index (κ1) is 15.5. The number of fused-ring (bicyclic) bond motifs is 1. The summed E-state index contributed by atoms with van der Waals surface area (Å²) >= 11 is 4.12. The molecule has 2 rings (SSSR count). The van der Waals surface area contributed by atoms with Crippen LogP contribution < -0.4 is 0 Å². The van der Waals surface area contributed by atoms with Crippen molar-refractivity contribution in [2.75, 3.05) is 12.3 Å². The molecule has 1 aliphatic heterocycles. The number of amides is 2. The third-order valence-electron chi connectivity index (χ3n) is 3.46. The first-order valence-corrected chi connectivity index (χ1v) is 7.45. The van der Waals surface area contributed by atoms with E-state index in [1.54, 1.807) is 0 Å². The normalized spacial score (nSPS) is 13.7. The molecule has 1 aliphatic rings. The Hall–Kier alpha value is -1.89. The van der Waals surface area contributed by atoms with E-state index in [4.69, 9.17) is 0 Å². The van der Waals surface area contributed by atoms with E-state index in [-0.39, 0.29) is 16.8 Å². The van der Waals surface area contributed by atoms with Gasteiger partial charge in [-0.05, 0) is 24.7 Å². The lowest BCUT2D eigenvalue weighted by Gasteiger charge is -2.13. The minimum absolute atomic E-state index is 0.0807. The van der Waals surface area contributed by atoms with Gasteiger partial charge in [-0.1, -0.05) is 18.9 Å². The topological polar surface area (TPSA) is 80.5 Å². The maximum Gasteiger partial charge on any atom is 0.282 e. The first-order valence-electron chi connectivity index (χ1n) is 6.82. The Kier molecular flexibility index (Phi) is 4.95. The molecule has 0 bridgehead atoms. The van der Waals surface area contributed by atoms with E-state index in [0.717, 1.165) is 29.9 Å². The fraction of sp³-hybridized carbons (Fsp3) is 0.429. The van der Waals surface area contributed by atoms with Gasteiger partial charge in [0.25, 0.3) is 17.5 Å². The molecule has 0 atom stereocenters. The zero-order chi connectivity index (χ0) is 15.4. The summed E-state index contributed by atoms with van der Waals surface area (Å²) in [6, 6.07) is 4.14. The summed E-state index contributed by atoms with van der Waals surface area (Å²) < 4.78 is 0. The maximum atomic E-state index is 12.2. The van der Waals surface area contributed by atoms with Crippen molar-refractivity contribution in [3.8, 4) is 0 Å². The number of carbonyl (C=O) groups excluding carboxylic acids is 2. The third kappa shape index (κ3) is 3.07. The van der Waals surface area contributed by atoms with Crippen molar-refractivity contribution in [2.24, 2.45) is 0 Å². The van der Waals surface area contributed by atoms with Crippen molar-refractivity contribution in [3.05, 3.63) is 39.4 Å². The van der Waals surface area contributed by atoms with E-state index in [2.05, 4.69) is 12.6 Å². The Labute approximate surface area is 127 Å². The molecular weight excluding hydrogens is 292 g/mol. The number of imide groups is 1. The number of nitro benzene ring substituents is 1. The van der Waals surface area contributed by atoms with Gasteiger partial charge in [0, 0.05) is 12.6 Å². The van der Waals surface area contributed by atoms with Gasteiger partial charge in [-0.2, -0.15) is 12.6 Å². The number of nitrogens with zero attached hydrogens (tertiary/aromatic N) is 2. The molecule has 2 amide bonds. The Balaban J connectivity index is 2.11. The highest BCUT2D eigenvalue weighted by molar-refractivity contribution is 7.80. The molecule has 0 saturated carbocycles. The summed E-state index contributed by atoms with van der Waals surface area (Å²) in [6.45, 7) is 0.302. The van der Waals surface area contributed by atoms with E-state index < -0.39 is 16.7 Å². The van der Waals surface area contributed by atoms with Crippen LogP contribution in [0.15, 0.2) is 18.2 Å². The Bertz CT molecular complexity index is 588. The van der Waals surface area contributed by atoms with Gasteiger partial charge in [0.05, 0.1) is 10.5 Å². The van der Waals surface area contributed by atoms with E-state index in [9.17, 15) is 19.7 Å². The van der Waals surface area contributed by atoms with Gasteiger partial charge >= 0.3 is 0 Å². The van der Waals surface area contributed by atoms with Gasteiger partial charge < -0.3 is 0 Å². The summed E-state index contributed by atoms with van der Waals surface area (Å²) in [7, 11) is 0. The van der Waals surface area contributed by atoms with Crippen LogP contribution in [-0.4, -0.2) is 33.9 Å². The lowest BCUT2D eigenvalue weighted by Crippen LogP contribution is -2.30. The molecule has 0 spiro atoms. The molecule has 6 nitrogen and oxygen atoms in total. The molecule has 0 unspecified atom stereocenters.